The maximum atomic E-state index is 16.4. The number of halogens is 4. The molecule has 1 unspecified atom stereocenters. The van der Waals surface area contributed by atoms with Gasteiger partial charge in [-0.05, 0) is 68.0 Å². The largest absolute Gasteiger partial charge is 0.497 e. The van der Waals surface area contributed by atoms with Crippen LogP contribution < -0.4 is 10.1 Å². The average molecular weight is 605 g/mol. The van der Waals surface area contributed by atoms with Crippen molar-refractivity contribution in [2.75, 3.05) is 71.5 Å². The van der Waals surface area contributed by atoms with E-state index in [1.165, 1.54) is 0 Å². The number of methoxy groups -OCH3 is 1. The van der Waals surface area contributed by atoms with Crippen molar-refractivity contribution in [2.45, 2.75) is 38.4 Å². The lowest BCUT2D eigenvalue weighted by molar-refractivity contribution is 0.0306. The van der Waals surface area contributed by atoms with Gasteiger partial charge in [0.2, 0.25) is 0 Å². The van der Waals surface area contributed by atoms with Gasteiger partial charge in [-0.1, -0.05) is 0 Å². The summed E-state index contributed by atoms with van der Waals surface area (Å²) in [4.78, 5) is 9.03. The van der Waals surface area contributed by atoms with Crippen molar-refractivity contribution in [3.63, 3.8) is 0 Å². The molecule has 0 amide bonds. The first-order valence-electron chi connectivity index (χ1n) is 14.9. The molecular weight excluding hydrogens is 564 g/mol. The number of likely N-dealkylation sites (tertiary alicyclic amines) is 1. The minimum Gasteiger partial charge on any atom is -0.497 e. The van der Waals surface area contributed by atoms with Crippen LogP contribution in [0.4, 0.5) is 23.2 Å². The molecule has 1 aromatic heterocycles. The number of aromatic nitrogens is 1. The van der Waals surface area contributed by atoms with E-state index in [-0.39, 0.29) is 18.7 Å². The highest BCUT2D eigenvalue weighted by Gasteiger charge is 2.35. The Morgan fingerprint density at radius 2 is 1.84 bits per heavy atom. The number of morpholine rings is 1. The third-order valence-electron chi connectivity index (χ3n) is 8.93. The molecule has 11 heteroatoms. The first kappa shape index (κ1) is 31.4. The number of ether oxygens (including phenoxy) is 2. The van der Waals surface area contributed by atoms with Crippen LogP contribution in [0.2, 0.25) is 0 Å². The quantitative estimate of drug-likeness (QED) is 0.210. The number of anilines is 1. The van der Waals surface area contributed by atoms with Crippen LogP contribution >= 0.6 is 0 Å². The van der Waals surface area contributed by atoms with Gasteiger partial charge in [0.25, 0.3) is 0 Å². The summed E-state index contributed by atoms with van der Waals surface area (Å²) in [5, 5.41) is 13.9. The number of hydrogen-bond donors (Lipinski definition) is 2. The van der Waals surface area contributed by atoms with Crippen molar-refractivity contribution in [3.05, 3.63) is 65.1 Å². The fraction of sp³-hybridized carbons (Fsp3) is 0.531. The molecule has 0 spiro atoms. The summed E-state index contributed by atoms with van der Waals surface area (Å²) in [6.45, 7) is 5.60. The highest BCUT2D eigenvalue weighted by atomic mass is 19.2. The van der Waals surface area contributed by atoms with E-state index in [1.54, 1.807) is 13.3 Å². The van der Waals surface area contributed by atoms with Gasteiger partial charge in [-0.25, -0.2) is 17.6 Å². The SMILES string of the molecule is COc1ccc2ncc(CN3CCOCC3)c(C(F)CCC3(CO)CCN(CCNc4cc(F)cc(F)c4F)CC3)c2c1. The Bertz CT molecular complexity index is 1380. The van der Waals surface area contributed by atoms with Gasteiger partial charge < -0.3 is 24.8 Å². The summed E-state index contributed by atoms with van der Waals surface area (Å²) in [7, 11) is 1.59. The second-order valence-electron chi connectivity index (χ2n) is 11.7. The summed E-state index contributed by atoms with van der Waals surface area (Å²) in [6, 6.07) is 6.98. The number of nitrogens with one attached hydrogen (secondary N) is 1. The lowest BCUT2D eigenvalue weighted by Crippen LogP contribution is -2.43. The molecule has 43 heavy (non-hydrogen) atoms. The van der Waals surface area contributed by atoms with Gasteiger partial charge in [0.05, 0.1) is 31.5 Å². The van der Waals surface area contributed by atoms with E-state index in [9.17, 15) is 18.3 Å². The molecule has 0 saturated carbocycles. The van der Waals surface area contributed by atoms with Crippen molar-refractivity contribution in [2.24, 2.45) is 5.41 Å². The second-order valence-corrected chi connectivity index (χ2v) is 11.7. The predicted molar refractivity (Wildman–Crippen MR) is 157 cm³/mol. The van der Waals surface area contributed by atoms with E-state index in [0.29, 0.717) is 88.1 Å². The lowest BCUT2D eigenvalue weighted by Gasteiger charge is -2.41. The molecule has 0 bridgehead atoms. The van der Waals surface area contributed by atoms with E-state index < -0.39 is 29.0 Å². The van der Waals surface area contributed by atoms with E-state index in [1.807, 2.05) is 18.2 Å². The molecular formula is C32H40F4N4O3. The van der Waals surface area contributed by atoms with Crippen LogP contribution in [0, 0.1) is 22.9 Å². The average Bonchev–Trinajstić information content (AvgIpc) is 3.03. The minimum atomic E-state index is -1.25. The van der Waals surface area contributed by atoms with Gasteiger partial charge in [-0.2, -0.15) is 0 Å². The number of alkyl halides is 1. The van der Waals surface area contributed by atoms with Crippen molar-refractivity contribution < 1.29 is 32.1 Å². The number of pyridine rings is 1. The molecule has 2 aliphatic heterocycles. The minimum absolute atomic E-state index is 0.0366. The maximum absolute atomic E-state index is 16.4. The van der Waals surface area contributed by atoms with Gasteiger partial charge in [-0.15, -0.1) is 0 Å². The Balaban J connectivity index is 1.22. The highest BCUT2D eigenvalue weighted by Crippen LogP contribution is 2.41. The zero-order chi connectivity index (χ0) is 30.4. The number of nitrogens with zero attached hydrogens (tertiary/aromatic N) is 3. The van der Waals surface area contributed by atoms with Crippen LogP contribution in [0.25, 0.3) is 10.9 Å². The number of piperidine rings is 1. The molecule has 234 valence electrons. The summed E-state index contributed by atoms with van der Waals surface area (Å²) >= 11 is 0. The fourth-order valence-corrected chi connectivity index (χ4v) is 6.21. The molecule has 2 N–H and O–H groups in total. The zero-order valence-corrected chi connectivity index (χ0v) is 24.6. The zero-order valence-electron chi connectivity index (χ0n) is 24.6. The standard InChI is InChI=1S/C32H40F4N4O3/c1-42-24-2-3-28-25(18-24)30(22(19-38-28)20-40-12-14-43-15-13-40)26(34)4-5-32(21-41)6-9-39(10-7-32)11-8-37-29-17-23(33)16-27(35)31(29)36/h2-3,16-19,26,37,41H,4-15,20-21H2,1H3. The van der Waals surface area contributed by atoms with Crippen molar-refractivity contribution in [1.82, 2.24) is 14.8 Å². The first-order chi connectivity index (χ1) is 20.8. The molecule has 2 saturated heterocycles. The third-order valence-corrected chi connectivity index (χ3v) is 8.93. The van der Waals surface area contributed by atoms with Crippen LogP contribution in [0.15, 0.2) is 36.5 Å². The van der Waals surface area contributed by atoms with Crippen LogP contribution in [0.1, 0.15) is 43.0 Å². The van der Waals surface area contributed by atoms with Gasteiger partial charge in [0, 0.05) is 68.6 Å². The topological polar surface area (TPSA) is 70.1 Å². The van der Waals surface area contributed by atoms with Crippen LogP contribution in [0.3, 0.4) is 0 Å². The molecule has 0 aliphatic carbocycles. The van der Waals surface area contributed by atoms with Crippen molar-refractivity contribution in [1.29, 1.82) is 0 Å². The molecule has 2 fully saturated rings. The normalized spacial score (nSPS) is 18.6. The monoisotopic (exact) mass is 604 g/mol. The fourth-order valence-electron chi connectivity index (χ4n) is 6.21. The molecule has 2 aliphatic rings. The van der Waals surface area contributed by atoms with Crippen LogP contribution in [-0.2, 0) is 11.3 Å². The number of rotatable bonds is 12. The molecule has 7 nitrogen and oxygen atoms in total. The van der Waals surface area contributed by atoms with Gasteiger partial charge >= 0.3 is 0 Å². The molecule has 2 aromatic carbocycles. The Hall–Kier alpha value is -2.99. The van der Waals surface area contributed by atoms with E-state index in [0.717, 1.165) is 30.1 Å². The summed E-state index contributed by atoms with van der Waals surface area (Å²) in [6.07, 6.45) is 2.69. The highest BCUT2D eigenvalue weighted by molar-refractivity contribution is 5.85. The lowest BCUT2D eigenvalue weighted by atomic mass is 9.74. The van der Waals surface area contributed by atoms with E-state index >= 15 is 4.39 Å². The Kier molecular flexibility index (Phi) is 10.4. The van der Waals surface area contributed by atoms with Gasteiger partial charge in [0.1, 0.15) is 17.7 Å². The summed E-state index contributed by atoms with van der Waals surface area (Å²) in [5.41, 5.74) is 1.58. The first-order valence-corrected chi connectivity index (χ1v) is 14.9. The van der Waals surface area contributed by atoms with Crippen LogP contribution in [-0.4, -0.2) is 86.1 Å². The van der Waals surface area contributed by atoms with E-state index in [2.05, 4.69) is 20.1 Å². The summed E-state index contributed by atoms with van der Waals surface area (Å²) in [5.74, 6) is -2.53. The third kappa shape index (κ3) is 7.57. The molecule has 0 radical (unpaired) electrons. The molecule has 5 rings (SSSR count). The van der Waals surface area contributed by atoms with Gasteiger partial charge in [0.15, 0.2) is 11.6 Å². The van der Waals surface area contributed by atoms with Crippen molar-refractivity contribution >= 4 is 16.6 Å². The second kappa shape index (κ2) is 14.2. The molecule has 1 atom stereocenters. The number of hydrogen-bond acceptors (Lipinski definition) is 7. The maximum Gasteiger partial charge on any atom is 0.182 e. The molecule has 3 heterocycles. The van der Waals surface area contributed by atoms with Crippen molar-refractivity contribution in [3.8, 4) is 5.75 Å². The number of benzene rings is 2. The Morgan fingerprint density at radius 1 is 1.07 bits per heavy atom. The smallest absolute Gasteiger partial charge is 0.182 e. The Morgan fingerprint density at radius 3 is 2.56 bits per heavy atom. The number of fused-ring (bicyclic) bond motifs is 1. The van der Waals surface area contributed by atoms with E-state index in [4.69, 9.17) is 9.47 Å². The summed E-state index contributed by atoms with van der Waals surface area (Å²) < 4.78 is 68.2. The number of aliphatic hydroxyl groups excluding tert-OH is 1. The van der Waals surface area contributed by atoms with Gasteiger partial charge in [-0.3, -0.25) is 9.88 Å². The predicted octanol–water partition coefficient (Wildman–Crippen LogP) is 5.47. The van der Waals surface area contributed by atoms with Crippen LogP contribution in [0.5, 0.6) is 5.75 Å². The molecule has 3 aromatic rings. The number of aliphatic hydroxyl groups is 1. The Labute approximate surface area is 249 Å².